The summed E-state index contributed by atoms with van der Waals surface area (Å²) in [5, 5.41) is 3.39. The van der Waals surface area contributed by atoms with Gasteiger partial charge < -0.3 is 5.32 Å². The van der Waals surface area contributed by atoms with Crippen LogP contribution < -0.4 is 5.32 Å². The lowest BCUT2D eigenvalue weighted by Gasteiger charge is -2.18. The smallest absolute Gasteiger partial charge is 0.0261 e. The van der Waals surface area contributed by atoms with E-state index >= 15 is 0 Å². The molecule has 2 heteroatoms. The lowest BCUT2D eigenvalue weighted by molar-refractivity contribution is 0.449. The third-order valence-corrected chi connectivity index (χ3v) is 1.57. The van der Waals surface area contributed by atoms with Crippen LogP contribution in [0.5, 0.6) is 0 Å². The van der Waals surface area contributed by atoms with Gasteiger partial charge in [0.25, 0.3) is 0 Å². The molecule has 11 heavy (non-hydrogen) atoms. The van der Waals surface area contributed by atoms with Gasteiger partial charge in [-0.25, -0.2) is 0 Å². The van der Waals surface area contributed by atoms with Crippen molar-refractivity contribution in [3.8, 4) is 0 Å². The molecule has 1 N–H and O–H groups in total. The zero-order valence-corrected chi connectivity index (χ0v) is 9.97. The van der Waals surface area contributed by atoms with E-state index in [1.165, 1.54) is 0 Å². The molecule has 0 aliphatic carbocycles. The van der Waals surface area contributed by atoms with Crippen molar-refractivity contribution in [3.63, 3.8) is 0 Å². The Kier molecular flexibility index (Phi) is 5.34. The van der Waals surface area contributed by atoms with E-state index in [-0.39, 0.29) is 5.54 Å². The van der Waals surface area contributed by atoms with E-state index in [1.807, 2.05) is 0 Å². The van der Waals surface area contributed by atoms with Crippen molar-refractivity contribution >= 4 is 22.6 Å². The van der Waals surface area contributed by atoms with Gasteiger partial charge in [-0.1, -0.05) is 34.7 Å². The molecule has 0 aromatic rings. The molecule has 0 saturated carbocycles. The number of rotatable bonds is 3. The maximum Gasteiger partial charge on any atom is 0.0261 e. The van der Waals surface area contributed by atoms with Crippen LogP contribution in [0.3, 0.4) is 0 Å². The van der Waals surface area contributed by atoms with Crippen LogP contribution in [0, 0.1) is 0 Å². The second-order valence-corrected chi connectivity index (χ2v) is 5.70. The topological polar surface area (TPSA) is 12.0 Å². The standard InChI is InChI=1S/C9H18IN/c1-8(10)6-5-7-11-9(2,3)4/h5-6,8,11H,7H2,1-4H3/b6-5+. The third kappa shape index (κ3) is 10.4. The number of hydrogen-bond acceptors (Lipinski definition) is 1. The van der Waals surface area contributed by atoms with E-state index in [0.29, 0.717) is 3.92 Å². The van der Waals surface area contributed by atoms with Crippen molar-refractivity contribution in [2.45, 2.75) is 37.2 Å². The molecule has 0 amide bonds. The second kappa shape index (κ2) is 5.14. The van der Waals surface area contributed by atoms with Crippen LogP contribution in [-0.4, -0.2) is 16.0 Å². The average molecular weight is 267 g/mol. The first-order chi connectivity index (χ1) is 4.92. The van der Waals surface area contributed by atoms with Gasteiger partial charge in [0.1, 0.15) is 0 Å². The molecule has 0 aliphatic rings. The first-order valence-electron chi connectivity index (χ1n) is 3.97. The van der Waals surface area contributed by atoms with Crippen LogP contribution >= 0.6 is 22.6 Å². The van der Waals surface area contributed by atoms with Gasteiger partial charge in [-0.05, 0) is 27.7 Å². The maximum atomic E-state index is 3.39. The first-order valence-corrected chi connectivity index (χ1v) is 5.22. The molecule has 1 unspecified atom stereocenters. The van der Waals surface area contributed by atoms with Crippen molar-refractivity contribution in [1.29, 1.82) is 0 Å². The molecule has 0 aromatic heterocycles. The normalized spacial score (nSPS) is 15.7. The van der Waals surface area contributed by atoms with Crippen LogP contribution in [0.4, 0.5) is 0 Å². The second-order valence-electron chi connectivity index (χ2n) is 3.74. The Labute approximate surface area is 83.8 Å². The molecule has 0 rings (SSSR count). The van der Waals surface area contributed by atoms with Crippen LogP contribution in [0.25, 0.3) is 0 Å². The number of allylic oxidation sites excluding steroid dienone is 1. The highest BCUT2D eigenvalue weighted by Crippen LogP contribution is 2.00. The number of halogens is 1. The SMILES string of the molecule is CC(I)/C=C/CNC(C)(C)C. The predicted molar refractivity (Wildman–Crippen MR) is 60.4 cm³/mol. The largest absolute Gasteiger partial charge is 0.309 e. The molecule has 1 nitrogen and oxygen atoms in total. The number of alkyl halides is 1. The minimum absolute atomic E-state index is 0.235. The zero-order chi connectivity index (χ0) is 8.91. The van der Waals surface area contributed by atoms with Gasteiger partial charge in [0.15, 0.2) is 0 Å². The van der Waals surface area contributed by atoms with Crippen molar-refractivity contribution in [2.75, 3.05) is 6.54 Å². The summed E-state index contributed by atoms with van der Waals surface area (Å²) in [5.74, 6) is 0. The van der Waals surface area contributed by atoms with E-state index in [2.05, 4.69) is 67.8 Å². The lowest BCUT2D eigenvalue weighted by atomic mass is 10.1. The summed E-state index contributed by atoms with van der Waals surface area (Å²) in [6.07, 6.45) is 4.39. The first kappa shape index (κ1) is 11.4. The van der Waals surface area contributed by atoms with Crippen LogP contribution in [0.2, 0.25) is 0 Å². The van der Waals surface area contributed by atoms with Crippen LogP contribution in [0.15, 0.2) is 12.2 Å². The van der Waals surface area contributed by atoms with E-state index in [0.717, 1.165) is 6.54 Å². The molecule has 0 radical (unpaired) electrons. The van der Waals surface area contributed by atoms with Gasteiger partial charge in [-0.2, -0.15) is 0 Å². The fourth-order valence-electron chi connectivity index (χ4n) is 0.621. The van der Waals surface area contributed by atoms with E-state index < -0.39 is 0 Å². The fraction of sp³-hybridized carbons (Fsp3) is 0.778. The summed E-state index contributed by atoms with van der Waals surface area (Å²) in [7, 11) is 0. The van der Waals surface area contributed by atoms with E-state index in [9.17, 15) is 0 Å². The monoisotopic (exact) mass is 267 g/mol. The summed E-state index contributed by atoms with van der Waals surface area (Å²) >= 11 is 2.39. The molecule has 0 fully saturated rings. The van der Waals surface area contributed by atoms with Gasteiger partial charge >= 0.3 is 0 Å². The summed E-state index contributed by atoms with van der Waals surface area (Å²) in [5.41, 5.74) is 0.235. The third-order valence-electron chi connectivity index (χ3n) is 1.15. The molecule has 0 aromatic carbocycles. The Balaban J connectivity index is 3.42. The minimum Gasteiger partial charge on any atom is -0.309 e. The van der Waals surface area contributed by atoms with Crippen LogP contribution in [-0.2, 0) is 0 Å². The Bertz CT molecular complexity index is 122. The zero-order valence-electron chi connectivity index (χ0n) is 7.82. The average Bonchev–Trinajstić information content (AvgIpc) is 1.78. The van der Waals surface area contributed by atoms with Crippen molar-refractivity contribution in [1.82, 2.24) is 5.32 Å². The molecule has 1 atom stereocenters. The Morgan fingerprint density at radius 2 is 2.00 bits per heavy atom. The predicted octanol–water partition coefficient (Wildman–Crippen LogP) is 2.75. The molecule has 0 bridgehead atoms. The van der Waals surface area contributed by atoms with Crippen molar-refractivity contribution in [2.24, 2.45) is 0 Å². The molecule has 0 spiro atoms. The van der Waals surface area contributed by atoms with E-state index in [1.54, 1.807) is 0 Å². The summed E-state index contributed by atoms with van der Waals surface area (Å²) in [4.78, 5) is 0. The maximum absolute atomic E-state index is 3.39. The summed E-state index contributed by atoms with van der Waals surface area (Å²) < 4.78 is 0.634. The van der Waals surface area contributed by atoms with E-state index in [4.69, 9.17) is 0 Å². The Morgan fingerprint density at radius 3 is 2.36 bits per heavy atom. The van der Waals surface area contributed by atoms with Crippen LogP contribution in [0.1, 0.15) is 27.7 Å². The lowest BCUT2D eigenvalue weighted by Crippen LogP contribution is -2.35. The van der Waals surface area contributed by atoms with Gasteiger partial charge in [0.2, 0.25) is 0 Å². The van der Waals surface area contributed by atoms with Gasteiger partial charge in [-0.3, -0.25) is 0 Å². The minimum atomic E-state index is 0.235. The highest BCUT2D eigenvalue weighted by atomic mass is 127. The molecular formula is C9H18IN. The molecule has 0 aliphatic heterocycles. The molecule has 0 saturated heterocycles. The van der Waals surface area contributed by atoms with Gasteiger partial charge in [0.05, 0.1) is 0 Å². The quantitative estimate of drug-likeness (QED) is 0.471. The molecular weight excluding hydrogens is 249 g/mol. The molecule has 0 heterocycles. The van der Waals surface area contributed by atoms with Gasteiger partial charge in [-0.15, -0.1) is 0 Å². The highest BCUT2D eigenvalue weighted by Gasteiger charge is 2.05. The highest BCUT2D eigenvalue weighted by molar-refractivity contribution is 14.1. The summed E-state index contributed by atoms with van der Waals surface area (Å²) in [6.45, 7) is 9.67. The summed E-state index contributed by atoms with van der Waals surface area (Å²) in [6, 6.07) is 0. The fourth-order valence-corrected chi connectivity index (χ4v) is 0.914. The van der Waals surface area contributed by atoms with Gasteiger partial charge in [0, 0.05) is 16.0 Å². The number of hydrogen-bond donors (Lipinski definition) is 1. The van der Waals surface area contributed by atoms with Crippen molar-refractivity contribution < 1.29 is 0 Å². The Morgan fingerprint density at radius 1 is 1.45 bits per heavy atom. The molecule has 66 valence electrons. The van der Waals surface area contributed by atoms with Crippen molar-refractivity contribution in [3.05, 3.63) is 12.2 Å². The number of nitrogens with one attached hydrogen (secondary N) is 1. The Hall–Kier alpha value is 0.430.